The second-order valence-electron chi connectivity index (χ2n) is 3.33. The SMILES string of the molecule is CCCOC(=O)C(C)(C#N)CCC. The molecule has 0 N–H and O–H groups in total. The van der Waals surface area contributed by atoms with Gasteiger partial charge in [-0.3, -0.25) is 4.79 Å². The Bertz CT molecular complexity index is 207. The lowest BCUT2D eigenvalue weighted by molar-refractivity contribution is -0.152. The molecule has 0 radical (unpaired) electrons. The Balaban J connectivity index is 4.23. The van der Waals surface area contributed by atoms with E-state index in [9.17, 15) is 4.79 Å². The van der Waals surface area contributed by atoms with E-state index in [1.807, 2.05) is 19.9 Å². The molecular weight excluding hydrogens is 166 g/mol. The summed E-state index contributed by atoms with van der Waals surface area (Å²) in [6, 6.07) is 2.01. The summed E-state index contributed by atoms with van der Waals surface area (Å²) >= 11 is 0. The van der Waals surface area contributed by atoms with Crippen LogP contribution in [-0.4, -0.2) is 12.6 Å². The summed E-state index contributed by atoms with van der Waals surface area (Å²) in [7, 11) is 0. The smallest absolute Gasteiger partial charge is 0.326 e. The third kappa shape index (κ3) is 3.45. The molecule has 0 fully saturated rings. The lowest BCUT2D eigenvalue weighted by atomic mass is 9.87. The summed E-state index contributed by atoms with van der Waals surface area (Å²) in [5, 5.41) is 8.84. The third-order valence-electron chi connectivity index (χ3n) is 1.88. The van der Waals surface area contributed by atoms with Gasteiger partial charge < -0.3 is 4.74 Å². The first kappa shape index (κ1) is 12.0. The molecule has 0 heterocycles. The fourth-order valence-corrected chi connectivity index (χ4v) is 1.06. The Hall–Kier alpha value is -1.04. The molecule has 3 heteroatoms. The van der Waals surface area contributed by atoms with Crippen molar-refractivity contribution in [1.82, 2.24) is 0 Å². The number of nitriles is 1. The summed E-state index contributed by atoms with van der Waals surface area (Å²) in [4.78, 5) is 11.4. The molecule has 0 rings (SSSR count). The quantitative estimate of drug-likeness (QED) is 0.614. The summed E-state index contributed by atoms with van der Waals surface area (Å²) in [6.45, 7) is 5.91. The maximum absolute atomic E-state index is 11.4. The zero-order valence-corrected chi connectivity index (χ0v) is 8.59. The molecule has 74 valence electrons. The van der Waals surface area contributed by atoms with E-state index in [1.165, 1.54) is 0 Å². The van der Waals surface area contributed by atoms with Gasteiger partial charge in [0.1, 0.15) is 0 Å². The average Bonchev–Trinajstić information content (AvgIpc) is 2.14. The lowest BCUT2D eigenvalue weighted by Gasteiger charge is -2.18. The van der Waals surface area contributed by atoms with Crippen molar-refractivity contribution in [3.63, 3.8) is 0 Å². The van der Waals surface area contributed by atoms with E-state index in [1.54, 1.807) is 6.92 Å². The Morgan fingerprint density at radius 3 is 2.46 bits per heavy atom. The van der Waals surface area contributed by atoms with Gasteiger partial charge in [-0.05, 0) is 19.8 Å². The predicted octanol–water partition coefficient (Wildman–Crippen LogP) is 2.27. The Morgan fingerprint density at radius 1 is 1.46 bits per heavy atom. The van der Waals surface area contributed by atoms with Gasteiger partial charge >= 0.3 is 5.97 Å². The van der Waals surface area contributed by atoms with Gasteiger partial charge in [-0.25, -0.2) is 0 Å². The van der Waals surface area contributed by atoms with Crippen molar-refractivity contribution in [2.75, 3.05) is 6.61 Å². The molecule has 3 nitrogen and oxygen atoms in total. The second kappa shape index (κ2) is 5.58. The summed E-state index contributed by atoms with van der Waals surface area (Å²) in [6.07, 6.45) is 2.16. The topological polar surface area (TPSA) is 50.1 Å². The monoisotopic (exact) mass is 183 g/mol. The van der Waals surface area contributed by atoms with Gasteiger partial charge in [0.05, 0.1) is 12.7 Å². The van der Waals surface area contributed by atoms with E-state index in [0.717, 1.165) is 12.8 Å². The highest BCUT2D eigenvalue weighted by atomic mass is 16.5. The Morgan fingerprint density at radius 2 is 2.08 bits per heavy atom. The van der Waals surface area contributed by atoms with Gasteiger partial charge in [0.15, 0.2) is 5.41 Å². The minimum absolute atomic E-state index is 0.390. The zero-order valence-electron chi connectivity index (χ0n) is 8.59. The van der Waals surface area contributed by atoms with Crippen molar-refractivity contribution in [3.05, 3.63) is 0 Å². The molecule has 13 heavy (non-hydrogen) atoms. The number of hydrogen-bond acceptors (Lipinski definition) is 3. The summed E-state index contributed by atoms with van der Waals surface area (Å²) < 4.78 is 4.94. The molecule has 1 unspecified atom stereocenters. The fraction of sp³-hybridized carbons (Fsp3) is 0.800. The first-order valence-electron chi connectivity index (χ1n) is 4.69. The van der Waals surface area contributed by atoms with Crippen molar-refractivity contribution in [2.45, 2.75) is 40.0 Å². The van der Waals surface area contributed by atoms with E-state index >= 15 is 0 Å². The first-order valence-corrected chi connectivity index (χ1v) is 4.69. The number of carbonyl (C=O) groups excluding carboxylic acids is 1. The molecule has 0 bridgehead atoms. The average molecular weight is 183 g/mol. The molecule has 1 atom stereocenters. The maximum atomic E-state index is 11.4. The number of esters is 1. The number of nitrogens with zero attached hydrogens (tertiary/aromatic N) is 1. The lowest BCUT2D eigenvalue weighted by Crippen LogP contribution is -2.28. The number of ether oxygens (including phenoxy) is 1. The van der Waals surface area contributed by atoms with Crippen molar-refractivity contribution in [2.24, 2.45) is 5.41 Å². The molecule has 0 aliphatic carbocycles. The van der Waals surface area contributed by atoms with Gasteiger partial charge in [0, 0.05) is 0 Å². The van der Waals surface area contributed by atoms with Gasteiger partial charge in [0.25, 0.3) is 0 Å². The van der Waals surface area contributed by atoms with Gasteiger partial charge in [0.2, 0.25) is 0 Å². The molecule has 0 aliphatic heterocycles. The van der Waals surface area contributed by atoms with Crippen molar-refractivity contribution >= 4 is 5.97 Å². The van der Waals surface area contributed by atoms with E-state index < -0.39 is 11.4 Å². The molecule has 0 aliphatic rings. The molecule has 0 aromatic rings. The largest absolute Gasteiger partial charge is 0.465 e. The van der Waals surface area contributed by atoms with E-state index in [4.69, 9.17) is 10.00 Å². The third-order valence-corrected chi connectivity index (χ3v) is 1.88. The highest BCUT2D eigenvalue weighted by Gasteiger charge is 2.33. The number of hydrogen-bond donors (Lipinski definition) is 0. The minimum atomic E-state index is -0.954. The van der Waals surface area contributed by atoms with Crippen LogP contribution < -0.4 is 0 Å². The zero-order chi connectivity index (χ0) is 10.3. The number of carbonyl (C=O) groups is 1. The van der Waals surface area contributed by atoms with Crippen LogP contribution in [0.25, 0.3) is 0 Å². The molecule has 0 aromatic carbocycles. The molecule has 0 saturated heterocycles. The second-order valence-corrected chi connectivity index (χ2v) is 3.33. The Labute approximate surface area is 79.7 Å². The van der Waals surface area contributed by atoms with Crippen molar-refractivity contribution in [1.29, 1.82) is 5.26 Å². The molecule has 0 amide bonds. The van der Waals surface area contributed by atoms with Crippen LogP contribution in [0.3, 0.4) is 0 Å². The minimum Gasteiger partial charge on any atom is -0.465 e. The van der Waals surface area contributed by atoms with Gasteiger partial charge in [-0.15, -0.1) is 0 Å². The summed E-state index contributed by atoms with van der Waals surface area (Å²) in [5.74, 6) is -0.390. The highest BCUT2D eigenvalue weighted by molar-refractivity contribution is 5.79. The van der Waals surface area contributed by atoms with E-state index in [0.29, 0.717) is 13.0 Å². The molecular formula is C10H17NO2. The molecule has 0 saturated carbocycles. The standard InChI is InChI=1S/C10H17NO2/c1-4-6-10(3,8-11)9(12)13-7-5-2/h4-7H2,1-3H3. The van der Waals surface area contributed by atoms with E-state index in [2.05, 4.69) is 0 Å². The predicted molar refractivity (Wildman–Crippen MR) is 49.9 cm³/mol. The molecule has 0 spiro atoms. The van der Waals surface area contributed by atoms with Crippen LogP contribution in [-0.2, 0) is 9.53 Å². The van der Waals surface area contributed by atoms with Crippen LogP contribution in [0, 0.1) is 16.7 Å². The molecule has 0 aromatic heterocycles. The first-order chi connectivity index (χ1) is 6.10. The van der Waals surface area contributed by atoms with Crippen LogP contribution in [0.2, 0.25) is 0 Å². The van der Waals surface area contributed by atoms with Crippen molar-refractivity contribution in [3.8, 4) is 6.07 Å². The number of rotatable bonds is 5. The Kier molecular flexibility index (Phi) is 5.13. The highest BCUT2D eigenvalue weighted by Crippen LogP contribution is 2.23. The normalized spacial score (nSPS) is 14.3. The van der Waals surface area contributed by atoms with Crippen LogP contribution in [0.4, 0.5) is 0 Å². The fourth-order valence-electron chi connectivity index (χ4n) is 1.06. The van der Waals surface area contributed by atoms with Crippen LogP contribution in [0.5, 0.6) is 0 Å². The van der Waals surface area contributed by atoms with Gasteiger partial charge in [-0.1, -0.05) is 20.3 Å². The summed E-state index contributed by atoms with van der Waals surface area (Å²) in [5.41, 5.74) is -0.954. The van der Waals surface area contributed by atoms with Crippen LogP contribution >= 0.6 is 0 Å². The van der Waals surface area contributed by atoms with Crippen molar-refractivity contribution < 1.29 is 9.53 Å². The van der Waals surface area contributed by atoms with Crippen LogP contribution in [0.1, 0.15) is 40.0 Å². The van der Waals surface area contributed by atoms with E-state index in [-0.39, 0.29) is 0 Å². The van der Waals surface area contributed by atoms with Gasteiger partial charge in [-0.2, -0.15) is 5.26 Å². The maximum Gasteiger partial charge on any atom is 0.326 e. The van der Waals surface area contributed by atoms with Crippen LogP contribution in [0.15, 0.2) is 0 Å².